The van der Waals surface area contributed by atoms with E-state index in [1.807, 2.05) is 0 Å². The number of hydrogen-bond acceptors (Lipinski definition) is 7. The first-order valence-electron chi connectivity index (χ1n) is 6.82. The van der Waals surface area contributed by atoms with E-state index >= 15 is 0 Å². The Kier molecular flexibility index (Phi) is 5.27. The summed E-state index contributed by atoms with van der Waals surface area (Å²) in [7, 11) is 0. The molecule has 1 N–H and O–H groups in total. The third-order valence-corrected chi connectivity index (χ3v) is 2.75. The highest BCUT2D eigenvalue weighted by Crippen LogP contribution is 2.34. The van der Waals surface area contributed by atoms with E-state index in [1.165, 1.54) is 25.1 Å². The topological polar surface area (TPSA) is 89.7 Å². The maximum absolute atomic E-state index is 12.6. The fraction of sp³-hybridized carbons (Fsp3) is 0.357. The molecule has 0 bridgehead atoms. The Hall–Kier alpha value is -2.78. The molecule has 0 aliphatic carbocycles. The quantitative estimate of drug-likeness (QED) is 0.390. The van der Waals surface area contributed by atoms with E-state index in [1.54, 1.807) is 0 Å². The van der Waals surface area contributed by atoms with Gasteiger partial charge in [-0.2, -0.15) is 18.3 Å². The van der Waals surface area contributed by atoms with Gasteiger partial charge in [0, 0.05) is 6.07 Å². The summed E-state index contributed by atoms with van der Waals surface area (Å²) in [5, 5.41) is 15.9. The number of carbonyl (C=O) groups is 1. The molecule has 0 saturated carbocycles. The van der Waals surface area contributed by atoms with Crippen LogP contribution >= 0.6 is 0 Å². The lowest BCUT2D eigenvalue weighted by atomic mass is 10.2. The molecule has 2 rings (SSSR count). The first-order valence-corrected chi connectivity index (χ1v) is 6.82. The van der Waals surface area contributed by atoms with Gasteiger partial charge < -0.3 is 19.3 Å². The zero-order valence-electron chi connectivity index (χ0n) is 12.5. The van der Waals surface area contributed by atoms with Crippen molar-refractivity contribution >= 4 is 11.7 Å². The number of hydrogen-bond donors (Lipinski definition) is 1. The molecule has 0 fully saturated rings. The van der Waals surface area contributed by atoms with Gasteiger partial charge in [-0.25, -0.2) is 4.79 Å². The minimum absolute atomic E-state index is 0.107. The summed E-state index contributed by atoms with van der Waals surface area (Å²) in [4.78, 5) is 11.5. The lowest BCUT2D eigenvalue weighted by Gasteiger charge is -2.17. The maximum Gasteiger partial charge on any atom is 0.451 e. The molecule has 130 valence electrons. The van der Waals surface area contributed by atoms with E-state index in [2.05, 4.69) is 15.0 Å². The predicted octanol–water partition coefficient (Wildman–Crippen LogP) is 3.44. The van der Waals surface area contributed by atoms with Gasteiger partial charge in [0.25, 0.3) is 0 Å². The molecule has 1 aliphatic heterocycles. The molecule has 0 aromatic heterocycles. The van der Waals surface area contributed by atoms with Gasteiger partial charge in [-0.1, -0.05) is 0 Å². The minimum Gasteiger partial charge on any atom is -0.502 e. The van der Waals surface area contributed by atoms with Crippen molar-refractivity contribution in [1.29, 1.82) is 0 Å². The Balaban J connectivity index is 2.32. The number of esters is 1. The SMILES string of the molecule is CCOC(=O)C(N=Nc1ccc2c(c1)OCCO2)=C(O)C(F)(F)F. The summed E-state index contributed by atoms with van der Waals surface area (Å²) in [5.74, 6) is -2.81. The number of alkyl halides is 3. The van der Waals surface area contributed by atoms with Crippen molar-refractivity contribution < 1.29 is 37.3 Å². The van der Waals surface area contributed by atoms with Crippen LogP contribution in [-0.4, -0.2) is 37.1 Å². The standard InChI is InChI=1S/C14H13F3N2O5/c1-2-22-13(21)11(12(20)14(15,16)17)19-18-8-3-4-9-10(7-8)24-6-5-23-9/h3-4,7,20H,2,5-6H2,1H3. The highest BCUT2D eigenvalue weighted by Gasteiger charge is 2.39. The number of ether oxygens (including phenoxy) is 3. The van der Waals surface area contributed by atoms with Gasteiger partial charge in [-0.05, 0) is 19.1 Å². The molecule has 1 aromatic carbocycles. The molecule has 0 unspecified atom stereocenters. The number of aliphatic hydroxyl groups is 1. The molecule has 0 amide bonds. The van der Waals surface area contributed by atoms with Crippen LogP contribution in [0, 0.1) is 0 Å². The van der Waals surface area contributed by atoms with Crippen molar-refractivity contribution in [1.82, 2.24) is 0 Å². The van der Waals surface area contributed by atoms with Crippen LogP contribution in [-0.2, 0) is 9.53 Å². The molecule has 0 spiro atoms. The fourth-order valence-electron chi connectivity index (χ4n) is 1.72. The van der Waals surface area contributed by atoms with Crippen LogP contribution in [0.4, 0.5) is 18.9 Å². The van der Waals surface area contributed by atoms with Crippen molar-refractivity contribution in [3.8, 4) is 11.5 Å². The van der Waals surface area contributed by atoms with Crippen molar-refractivity contribution in [2.24, 2.45) is 10.2 Å². The number of azo groups is 1. The Morgan fingerprint density at radius 2 is 1.96 bits per heavy atom. The molecule has 7 nitrogen and oxygen atoms in total. The second kappa shape index (κ2) is 7.20. The molecule has 1 heterocycles. The van der Waals surface area contributed by atoms with Crippen LogP contribution < -0.4 is 9.47 Å². The third kappa shape index (κ3) is 4.15. The van der Waals surface area contributed by atoms with Crippen molar-refractivity contribution in [3.05, 3.63) is 29.7 Å². The minimum atomic E-state index is -5.16. The molecule has 0 atom stereocenters. The summed E-state index contributed by atoms with van der Waals surface area (Å²) in [6.45, 7) is 1.91. The Bertz CT molecular complexity index is 685. The Morgan fingerprint density at radius 3 is 2.58 bits per heavy atom. The predicted molar refractivity (Wildman–Crippen MR) is 74.3 cm³/mol. The number of fused-ring (bicyclic) bond motifs is 1. The van der Waals surface area contributed by atoms with E-state index in [-0.39, 0.29) is 12.3 Å². The van der Waals surface area contributed by atoms with Crippen LogP contribution in [0.3, 0.4) is 0 Å². The maximum atomic E-state index is 12.6. The normalized spacial score (nSPS) is 15.2. The van der Waals surface area contributed by atoms with Crippen LogP contribution in [0.5, 0.6) is 11.5 Å². The molecule has 1 aliphatic rings. The molecule has 0 saturated heterocycles. The average molecular weight is 346 g/mol. The third-order valence-electron chi connectivity index (χ3n) is 2.75. The van der Waals surface area contributed by atoms with E-state index in [0.29, 0.717) is 24.7 Å². The number of halogens is 3. The van der Waals surface area contributed by atoms with Gasteiger partial charge in [0.15, 0.2) is 11.5 Å². The van der Waals surface area contributed by atoms with E-state index in [4.69, 9.17) is 14.6 Å². The van der Waals surface area contributed by atoms with E-state index in [9.17, 15) is 18.0 Å². The van der Waals surface area contributed by atoms with Crippen LogP contribution in [0.15, 0.2) is 39.9 Å². The molecule has 0 radical (unpaired) electrons. The van der Waals surface area contributed by atoms with E-state index < -0.39 is 23.6 Å². The highest BCUT2D eigenvalue weighted by atomic mass is 19.4. The van der Waals surface area contributed by atoms with Crippen LogP contribution in [0.2, 0.25) is 0 Å². The van der Waals surface area contributed by atoms with Gasteiger partial charge in [0.05, 0.1) is 12.3 Å². The number of nitrogens with zero attached hydrogens (tertiary/aromatic N) is 2. The van der Waals surface area contributed by atoms with Gasteiger partial charge in [-0.15, -0.1) is 5.11 Å². The highest BCUT2D eigenvalue weighted by molar-refractivity contribution is 5.88. The summed E-state index contributed by atoms with van der Waals surface area (Å²) in [6, 6.07) is 4.29. The smallest absolute Gasteiger partial charge is 0.451 e. The first kappa shape index (κ1) is 17.6. The average Bonchev–Trinajstić information content (AvgIpc) is 2.54. The monoisotopic (exact) mass is 346 g/mol. The zero-order chi connectivity index (χ0) is 17.7. The number of rotatable bonds is 4. The van der Waals surface area contributed by atoms with E-state index in [0.717, 1.165) is 0 Å². The zero-order valence-corrected chi connectivity index (χ0v) is 12.5. The fourth-order valence-corrected chi connectivity index (χ4v) is 1.72. The van der Waals surface area contributed by atoms with Crippen molar-refractivity contribution in [3.63, 3.8) is 0 Å². The Morgan fingerprint density at radius 1 is 1.29 bits per heavy atom. The lowest BCUT2D eigenvalue weighted by Crippen LogP contribution is -2.18. The molecule has 1 aromatic rings. The van der Waals surface area contributed by atoms with Crippen molar-refractivity contribution in [2.75, 3.05) is 19.8 Å². The van der Waals surface area contributed by atoms with Crippen molar-refractivity contribution in [2.45, 2.75) is 13.1 Å². The second-order valence-corrected chi connectivity index (χ2v) is 4.44. The van der Waals surface area contributed by atoms with Crippen LogP contribution in [0.25, 0.3) is 0 Å². The van der Waals surface area contributed by atoms with Gasteiger partial charge >= 0.3 is 12.1 Å². The Labute approximate surface area is 134 Å². The number of carbonyl (C=O) groups excluding carboxylic acids is 1. The molecular formula is C14H13F3N2O5. The number of aliphatic hydroxyl groups excluding tert-OH is 1. The summed E-state index contributed by atoms with van der Waals surface area (Å²) in [6.07, 6.45) is -5.16. The number of allylic oxidation sites excluding steroid dienone is 1. The molecule has 24 heavy (non-hydrogen) atoms. The largest absolute Gasteiger partial charge is 0.502 e. The number of benzene rings is 1. The summed E-state index contributed by atoms with van der Waals surface area (Å²) < 4.78 is 52.8. The summed E-state index contributed by atoms with van der Waals surface area (Å²) in [5.41, 5.74) is -1.23. The second-order valence-electron chi connectivity index (χ2n) is 4.44. The summed E-state index contributed by atoms with van der Waals surface area (Å²) >= 11 is 0. The first-order chi connectivity index (χ1) is 11.3. The van der Waals surface area contributed by atoms with Crippen LogP contribution in [0.1, 0.15) is 6.92 Å². The van der Waals surface area contributed by atoms with Gasteiger partial charge in [-0.3, -0.25) is 0 Å². The molecule has 10 heteroatoms. The lowest BCUT2D eigenvalue weighted by molar-refractivity contribution is -0.143. The van der Waals surface area contributed by atoms with Gasteiger partial charge in [0.2, 0.25) is 11.5 Å². The molecular weight excluding hydrogens is 333 g/mol. The van der Waals surface area contributed by atoms with Gasteiger partial charge in [0.1, 0.15) is 13.2 Å².